The van der Waals surface area contributed by atoms with Crippen LogP contribution in [0.25, 0.3) is 10.9 Å². The Balaban J connectivity index is 2.01. The van der Waals surface area contributed by atoms with E-state index in [-0.39, 0.29) is 24.4 Å². The topological polar surface area (TPSA) is 76.5 Å². The van der Waals surface area contributed by atoms with Crippen molar-refractivity contribution in [3.63, 3.8) is 0 Å². The minimum absolute atomic E-state index is 0.213. The molecule has 0 saturated heterocycles. The summed E-state index contributed by atoms with van der Waals surface area (Å²) in [6, 6.07) is 10.4. The predicted octanol–water partition coefficient (Wildman–Crippen LogP) is 6.63. The second-order valence-corrected chi connectivity index (χ2v) is 9.12. The number of hydrogen-bond acceptors (Lipinski definition) is 4. The number of carbonyl (C=O) groups excluding carboxylic acids is 1. The van der Waals surface area contributed by atoms with E-state index in [1.165, 1.54) is 12.1 Å². The van der Waals surface area contributed by atoms with Gasteiger partial charge in [-0.2, -0.15) is 13.2 Å². The zero-order valence-electron chi connectivity index (χ0n) is 22.1. The number of hydrogen-bond donors (Lipinski definition) is 1. The van der Waals surface area contributed by atoms with Gasteiger partial charge in [-0.1, -0.05) is 45.2 Å². The lowest BCUT2D eigenvalue weighted by Gasteiger charge is -2.32. The molecule has 1 atom stereocenters. The number of para-hydroxylation sites is 1. The van der Waals surface area contributed by atoms with Crippen molar-refractivity contribution in [3.05, 3.63) is 70.3 Å². The lowest BCUT2D eigenvalue weighted by molar-refractivity contribution is -0.137. The van der Waals surface area contributed by atoms with E-state index in [4.69, 9.17) is 9.72 Å². The standard InChI is InChI=1S/C28H35F3N4O3/c1-4-6-7-10-17-34(27(37)32-21-15-13-20(14-16-21)28(29,30)31)24(5-2)25-33-23-12-9-8-11-22(23)26(36)35(25)18-19-38-3/h8-9,11-16,24H,4-7,10,17-19H2,1-3H3,(H,32,37). The fourth-order valence-electron chi connectivity index (χ4n) is 4.43. The molecule has 38 heavy (non-hydrogen) atoms. The minimum Gasteiger partial charge on any atom is -0.383 e. The molecule has 0 aliphatic heterocycles. The smallest absolute Gasteiger partial charge is 0.383 e. The zero-order chi connectivity index (χ0) is 27.7. The first-order chi connectivity index (χ1) is 18.2. The fourth-order valence-corrected chi connectivity index (χ4v) is 4.43. The molecule has 7 nitrogen and oxygen atoms in total. The van der Waals surface area contributed by atoms with Gasteiger partial charge in [0.1, 0.15) is 5.82 Å². The van der Waals surface area contributed by atoms with Gasteiger partial charge >= 0.3 is 12.2 Å². The van der Waals surface area contributed by atoms with Gasteiger partial charge < -0.3 is 15.0 Å². The van der Waals surface area contributed by atoms with E-state index in [1.807, 2.05) is 6.92 Å². The van der Waals surface area contributed by atoms with Crippen LogP contribution in [-0.2, 0) is 17.5 Å². The molecule has 2 aromatic carbocycles. The maximum absolute atomic E-state index is 13.6. The first kappa shape index (κ1) is 29.2. The summed E-state index contributed by atoms with van der Waals surface area (Å²) in [5.41, 5.74) is -0.218. The number of benzene rings is 2. The largest absolute Gasteiger partial charge is 0.416 e. The van der Waals surface area contributed by atoms with Gasteiger partial charge in [-0.15, -0.1) is 0 Å². The Labute approximate surface area is 220 Å². The number of unbranched alkanes of at least 4 members (excludes halogenated alkanes) is 3. The molecule has 1 N–H and O–H groups in total. The van der Waals surface area contributed by atoms with Gasteiger partial charge in [0.2, 0.25) is 0 Å². The number of fused-ring (bicyclic) bond motifs is 1. The molecule has 0 radical (unpaired) electrons. The van der Waals surface area contributed by atoms with Gasteiger partial charge in [-0.3, -0.25) is 9.36 Å². The van der Waals surface area contributed by atoms with E-state index in [1.54, 1.807) is 40.8 Å². The normalized spacial score (nSPS) is 12.5. The molecule has 10 heteroatoms. The lowest BCUT2D eigenvalue weighted by Crippen LogP contribution is -2.42. The molecule has 1 heterocycles. The number of aromatic nitrogens is 2. The quantitative estimate of drug-likeness (QED) is 0.266. The van der Waals surface area contributed by atoms with E-state index in [9.17, 15) is 22.8 Å². The molecule has 0 saturated carbocycles. The van der Waals surface area contributed by atoms with E-state index >= 15 is 0 Å². The Bertz CT molecular complexity index is 1260. The van der Waals surface area contributed by atoms with Crippen LogP contribution in [0.15, 0.2) is 53.3 Å². The minimum atomic E-state index is -4.46. The molecular weight excluding hydrogens is 497 g/mol. The number of urea groups is 1. The summed E-state index contributed by atoms with van der Waals surface area (Å²) in [5.74, 6) is 0.450. The highest BCUT2D eigenvalue weighted by Gasteiger charge is 2.31. The highest BCUT2D eigenvalue weighted by molar-refractivity contribution is 5.89. The van der Waals surface area contributed by atoms with E-state index in [2.05, 4.69) is 12.2 Å². The number of methoxy groups -OCH3 is 1. The molecular formula is C28H35F3N4O3. The number of carbonyl (C=O) groups is 1. The number of anilines is 1. The second-order valence-electron chi connectivity index (χ2n) is 9.12. The van der Waals surface area contributed by atoms with Crippen LogP contribution in [0.2, 0.25) is 0 Å². The maximum Gasteiger partial charge on any atom is 0.416 e. The molecule has 3 rings (SSSR count). The van der Waals surface area contributed by atoms with Gasteiger partial charge in [0.05, 0.1) is 35.7 Å². The van der Waals surface area contributed by atoms with Crippen LogP contribution in [-0.4, -0.2) is 40.7 Å². The van der Waals surface area contributed by atoms with Gasteiger partial charge in [0.15, 0.2) is 0 Å². The summed E-state index contributed by atoms with van der Waals surface area (Å²) in [6.45, 7) is 4.97. The van der Waals surface area contributed by atoms with E-state index in [0.29, 0.717) is 29.7 Å². The number of nitrogens with one attached hydrogen (secondary N) is 1. The molecule has 0 bridgehead atoms. The molecule has 1 aromatic heterocycles. The highest BCUT2D eigenvalue weighted by Crippen LogP contribution is 2.30. The summed E-state index contributed by atoms with van der Waals surface area (Å²) >= 11 is 0. The van der Waals surface area contributed by atoms with Crippen LogP contribution in [0.3, 0.4) is 0 Å². The molecule has 206 valence electrons. The SMILES string of the molecule is CCCCCCN(C(=O)Nc1ccc(C(F)(F)F)cc1)C(CC)c1nc2ccccc2c(=O)n1CCOC. The fraction of sp³-hybridized carbons (Fsp3) is 0.464. The summed E-state index contributed by atoms with van der Waals surface area (Å²) < 4.78 is 45.7. The number of halogens is 3. The van der Waals surface area contributed by atoms with Crippen LogP contribution < -0.4 is 10.9 Å². The van der Waals surface area contributed by atoms with Crippen LogP contribution in [0.1, 0.15) is 63.4 Å². The number of nitrogens with zero attached hydrogens (tertiary/aromatic N) is 3. The predicted molar refractivity (Wildman–Crippen MR) is 142 cm³/mol. The third kappa shape index (κ3) is 7.12. The Morgan fingerprint density at radius 1 is 1.08 bits per heavy atom. The van der Waals surface area contributed by atoms with Crippen LogP contribution >= 0.6 is 0 Å². The average Bonchev–Trinajstić information content (AvgIpc) is 2.90. The molecule has 0 aliphatic carbocycles. The Morgan fingerprint density at radius 3 is 2.42 bits per heavy atom. The molecule has 2 amide bonds. The number of alkyl halides is 3. The summed E-state index contributed by atoms with van der Waals surface area (Å²) in [6.07, 6.45) is -0.296. The van der Waals surface area contributed by atoms with Crippen molar-refractivity contribution in [2.45, 2.75) is 64.7 Å². The van der Waals surface area contributed by atoms with Crippen LogP contribution in [0.4, 0.5) is 23.7 Å². The van der Waals surface area contributed by atoms with Crippen molar-refractivity contribution in [1.82, 2.24) is 14.5 Å². The summed E-state index contributed by atoms with van der Waals surface area (Å²) in [4.78, 5) is 33.4. The third-order valence-electron chi connectivity index (χ3n) is 6.45. The Morgan fingerprint density at radius 2 is 1.79 bits per heavy atom. The summed E-state index contributed by atoms with van der Waals surface area (Å²) in [5, 5.41) is 3.22. The zero-order valence-corrected chi connectivity index (χ0v) is 22.1. The van der Waals surface area contributed by atoms with Crippen molar-refractivity contribution in [2.75, 3.05) is 25.6 Å². The Kier molecular flexibility index (Phi) is 10.3. The van der Waals surface area contributed by atoms with Crippen molar-refractivity contribution >= 4 is 22.6 Å². The summed E-state index contributed by atoms with van der Waals surface area (Å²) in [7, 11) is 1.55. The molecule has 0 aliphatic rings. The van der Waals surface area contributed by atoms with Crippen molar-refractivity contribution in [3.8, 4) is 0 Å². The van der Waals surface area contributed by atoms with Crippen molar-refractivity contribution in [2.24, 2.45) is 0 Å². The van der Waals surface area contributed by atoms with Gasteiger partial charge in [0, 0.05) is 19.3 Å². The molecule has 0 fully saturated rings. The molecule has 0 spiro atoms. The van der Waals surface area contributed by atoms with Gasteiger partial charge in [-0.05, 0) is 49.2 Å². The van der Waals surface area contributed by atoms with Crippen molar-refractivity contribution in [1.29, 1.82) is 0 Å². The van der Waals surface area contributed by atoms with E-state index < -0.39 is 23.8 Å². The number of amides is 2. The molecule has 1 unspecified atom stereocenters. The van der Waals surface area contributed by atoms with E-state index in [0.717, 1.165) is 37.8 Å². The monoisotopic (exact) mass is 532 g/mol. The van der Waals surface area contributed by atoms with Gasteiger partial charge in [-0.25, -0.2) is 9.78 Å². The lowest BCUT2D eigenvalue weighted by atomic mass is 10.1. The van der Waals surface area contributed by atoms with Crippen molar-refractivity contribution < 1.29 is 22.7 Å². The average molecular weight is 533 g/mol. The first-order valence-electron chi connectivity index (χ1n) is 12.9. The van der Waals surface area contributed by atoms with Gasteiger partial charge in [0.25, 0.3) is 5.56 Å². The van der Waals surface area contributed by atoms with Crippen LogP contribution in [0, 0.1) is 0 Å². The number of ether oxygens (including phenoxy) is 1. The molecule has 3 aromatic rings. The highest BCUT2D eigenvalue weighted by atomic mass is 19.4. The third-order valence-corrected chi connectivity index (χ3v) is 6.45. The maximum atomic E-state index is 13.6. The number of rotatable bonds is 12. The first-order valence-corrected chi connectivity index (χ1v) is 12.9. The van der Waals surface area contributed by atoms with Crippen LogP contribution in [0.5, 0.6) is 0 Å². The Hall–Kier alpha value is -3.40. The second kappa shape index (κ2) is 13.4.